The monoisotopic (exact) mass is 1180 g/mol. The van der Waals surface area contributed by atoms with Gasteiger partial charge in [0, 0.05) is 76.5 Å². The van der Waals surface area contributed by atoms with Crippen molar-refractivity contribution < 1.29 is 28.4 Å². The van der Waals surface area contributed by atoms with Gasteiger partial charge in [-0.25, -0.2) is 46.0 Å². The van der Waals surface area contributed by atoms with Crippen LogP contribution in [0.2, 0.25) is 0 Å². The Labute approximate surface area is 503 Å². The number of aromatic hydroxyl groups is 1. The molecule has 4 aliphatic rings. The van der Waals surface area contributed by atoms with Crippen LogP contribution < -0.4 is 41.3 Å². The minimum absolute atomic E-state index is 0.177. The van der Waals surface area contributed by atoms with Gasteiger partial charge >= 0.3 is 0 Å². The molecule has 25 nitrogen and oxygen atoms in total. The maximum absolute atomic E-state index is 13.9. The standard InChI is InChI=1S/C16H19N5O.C15H16FN5O.C15H17N5O2.C15H17N5O/c1-13-3-2-4-14(11-13)12-18-20-16-17-6-5-15(19-16)21-7-9-22-10-8-21;16-13-11-17-15(19-14(13)21-6-8-22-9-7-21)20-18-10-12-4-2-1-3-5-12;21-13-4-2-1-3-12(13)11-17-19-15-16-6-5-14(18-15)20-7-9-22-10-8-20;1-2-4-13(5-3-1)12-17-19-15-16-7-6-14(18-15)20-8-10-21-11-9-20/h2-6,11-12H,7-10H2,1H3,(H,17,19,20);1-5,10-11H,6-9H2,(H,17,19,20);1-6,11,21H,7-10H2,(H,16,18,19);1-7,12H,8-11H2,(H,16,18,19)/b18-12+;18-10+;17-11+;17-12+. The summed E-state index contributed by atoms with van der Waals surface area (Å²) in [6.07, 6.45) is 13.0. The normalized spacial score (nSPS) is 15.2. The molecule has 4 aromatic heterocycles. The Morgan fingerprint density at radius 2 is 0.805 bits per heavy atom. The Balaban J connectivity index is 0.000000138. The largest absolute Gasteiger partial charge is 0.507 e. The fourth-order valence-electron chi connectivity index (χ4n) is 8.60. The quantitative estimate of drug-likeness (QED) is 0.0473. The van der Waals surface area contributed by atoms with E-state index in [1.807, 2.05) is 102 Å². The number of rotatable bonds is 16. The number of hydrogen-bond acceptors (Lipinski definition) is 25. The summed E-state index contributed by atoms with van der Waals surface area (Å²) in [6.45, 7) is 13.8. The lowest BCUT2D eigenvalue weighted by molar-refractivity contribution is 0.122. The van der Waals surface area contributed by atoms with Crippen molar-refractivity contribution in [2.75, 3.05) is 147 Å². The second kappa shape index (κ2) is 34.0. The van der Waals surface area contributed by atoms with Gasteiger partial charge in [-0.3, -0.25) is 0 Å². The van der Waals surface area contributed by atoms with Crippen molar-refractivity contribution in [2.24, 2.45) is 20.4 Å². The number of para-hydroxylation sites is 1. The molecular weight excluding hydrogens is 1110 g/mol. The van der Waals surface area contributed by atoms with E-state index in [9.17, 15) is 9.50 Å². The molecule has 0 radical (unpaired) electrons. The summed E-state index contributed by atoms with van der Waals surface area (Å²) in [5.41, 5.74) is 16.1. The van der Waals surface area contributed by atoms with Crippen molar-refractivity contribution in [1.29, 1.82) is 0 Å². The van der Waals surface area contributed by atoms with Crippen LogP contribution in [0.25, 0.3) is 0 Å². The fourth-order valence-corrected chi connectivity index (χ4v) is 8.60. The average Bonchev–Trinajstić information content (AvgIpc) is 3.75. The Morgan fingerprint density at radius 1 is 0.425 bits per heavy atom. The summed E-state index contributed by atoms with van der Waals surface area (Å²) in [4.78, 5) is 42.3. The molecule has 0 saturated carbocycles. The van der Waals surface area contributed by atoms with Gasteiger partial charge in [0.2, 0.25) is 23.8 Å². The Morgan fingerprint density at radius 3 is 1.24 bits per heavy atom. The van der Waals surface area contributed by atoms with E-state index in [4.69, 9.17) is 18.9 Å². The van der Waals surface area contributed by atoms with E-state index in [0.717, 1.165) is 106 Å². The first kappa shape index (κ1) is 61.4. The number of ether oxygens (including phenoxy) is 4. The van der Waals surface area contributed by atoms with Crippen molar-refractivity contribution >= 4 is 71.9 Å². The summed E-state index contributed by atoms with van der Waals surface area (Å²) >= 11 is 0. The first-order valence-electron chi connectivity index (χ1n) is 28.3. The topological polar surface area (TPSA) is 271 Å². The van der Waals surface area contributed by atoms with E-state index in [1.54, 1.807) is 55.4 Å². The molecule has 4 aliphatic heterocycles. The summed E-state index contributed by atoms with van der Waals surface area (Å²) in [5, 5.41) is 26.1. The van der Waals surface area contributed by atoms with Crippen LogP contribution in [0.3, 0.4) is 0 Å². The third-order valence-corrected chi connectivity index (χ3v) is 13.0. The van der Waals surface area contributed by atoms with Crippen LogP contribution >= 0.6 is 0 Å². The predicted molar refractivity (Wildman–Crippen MR) is 337 cm³/mol. The summed E-state index contributed by atoms with van der Waals surface area (Å²) in [7, 11) is 0. The first-order valence-corrected chi connectivity index (χ1v) is 28.3. The molecule has 8 heterocycles. The Kier molecular flexibility index (Phi) is 24.0. The molecule has 4 saturated heterocycles. The molecule has 4 aromatic carbocycles. The second-order valence-electron chi connectivity index (χ2n) is 19.3. The van der Waals surface area contributed by atoms with Crippen LogP contribution in [-0.2, 0) is 18.9 Å². The van der Waals surface area contributed by atoms with Crippen molar-refractivity contribution in [3.63, 3.8) is 0 Å². The number of benzene rings is 4. The van der Waals surface area contributed by atoms with Crippen LogP contribution in [0.1, 0.15) is 27.8 Å². The minimum atomic E-state index is -0.445. The molecular formula is C61H69FN20O5. The third kappa shape index (κ3) is 20.6. The summed E-state index contributed by atoms with van der Waals surface area (Å²) < 4.78 is 35.1. The zero-order chi connectivity index (χ0) is 59.9. The van der Waals surface area contributed by atoms with Crippen LogP contribution in [0.4, 0.5) is 51.5 Å². The molecule has 0 amide bonds. The molecule has 4 fully saturated rings. The van der Waals surface area contributed by atoms with E-state index >= 15 is 0 Å². The van der Waals surface area contributed by atoms with Gasteiger partial charge in [0.15, 0.2) is 11.6 Å². The summed E-state index contributed by atoms with van der Waals surface area (Å²) in [5.74, 6) is 4.30. The van der Waals surface area contributed by atoms with Gasteiger partial charge in [-0.2, -0.15) is 40.3 Å². The average molecular weight is 1180 g/mol. The number of phenolic OH excluding ortho intramolecular Hbond substituents is 1. The van der Waals surface area contributed by atoms with Gasteiger partial charge in [-0.15, -0.1) is 0 Å². The number of hydrazone groups is 4. The summed E-state index contributed by atoms with van der Waals surface area (Å²) in [6, 6.07) is 40.3. The molecule has 8 aromatic rings. The highest BCUT2D eigenvalue weighted by atomic mass is 19.1. The van der Waals surface area contributed by atoms with Crippen LogP contribution in [-0.4, -0.2) is 175 Å². The van der Waals surface area contributed by atoms with Crippen LogP contribution in [0, 0.1) is 12.7 Å². The van der Waals surface area contributed by atoms with Gasteiger partial charge < -0.3 is 43.7 Å². The SMILES string of the molecule is C(=N\Nc1nccc(N2CCOCC2)n1)/c1ccccc1.Cc1cccc(/C=N/Nc2nccc(N3CCOCC3)n2)c1.Fc1cnc(N/N=C/c2ccccc2)nc1N1CCOCC1.Oc1ccccc1/C=N/Nc1nccc(N2CCOCC2)n1. The molecule has 0 bridgehead atoms. The molecule has 87 heavy (non-hydrogen) atoms. The number of hydrogen-bond donors (Lipinski definition) is 5. The molecule has 12 rings (SSSR count). The fraction of sp³-hybridized carbons (Fsp3) is 0.279. The third-order valence-electron chi connectivity index (χ3n) is 13.0. The van der Waals surface area contributed by atoms with Crippen LogP contribution in [0.5, 0.6) is 5.75 Å². The van der Waals surface area contributed by atoms with E-state index in [2.05, 4.69) is 116 Å². The lowest BCUT2D eigenvalue weighted by atomic mass is 10.2. The number of aryl methyl sites for hydroxylation is 1. The number of phenols is 1. The van der Waals surface area contributed by atoms with Crippen molar-refractivity contribution in [1.82, 2.24) is 39.9 Å². The van der Waals surface area contributed by atoms with Crippen molar-refractivity contribution in [3.8, 4) is 5.75 Å². The molecule has 0 atom stereocenters. The van der Waals surface area contributed by atoms with Gasteiger partial charge in [0.1, 0.15) is 23.2 Å². The molecule has 26 heteroatoms. The van der Waals surface area contributed by atoms with Crippen molar-refractivity contribution in [3.05, 3.63) is 186 Å². The molecule has 450 valence electrons. The number of nitrogens with zero attached hydrogens (tertiary/aromatic N) is 16. The maximum Gasteiger partial charge on any atom is 0.245 e. The van der Waals surface area contributed by atoms with E-state index in [0.29, 0.717) is 62.9 Å². The van der Waals surface area contributed by atoms with Gasteiger partial charge in [0.25, 0.3) is 0 Å². The smallest absolute Gasteiger partial charge is 0.245 e. The second-order valence-corrected chi connectivity index (χ2v) is 19.3. The molecule has 0 aliphatic carbocycles. The zero-order valence-electron chi connectivity index (χ0n) is 48.2. The number of aromatic nitrogens is 8. The van der Waals surface area contributed by atoms with Gasteiger partial charge in [0.05, 0.1) is 83.9 Å². The zero-order valence-corrected chi connectivity index (χ0v) is 48.2. The highest BCUT2D eigenvalue weighted by Crippen LogP contribution is 2.20. The van der Waals surface area contributed by atoms with E-state index in [-0.39, 0.29) is 17.5 Å². The minimum Gasteiger partial charge on any atom is -0.507 e. The number of halogens is 1. The van der Waals surface area contributed by atoms with Crippen LogP contribution in [0.15, 0.2) is 173 Å². The highest BCUT2D eigenvalue weighted by Gasteiger charge is 2.19. The number of anilines is 8. The molecule has 5 N–H and O–H groups in total. The molecule has 0 unspecified atom stereocenters. The maximum atomic E-state index is 13.9. The molecule has 0 spiro atoms. The Hall–Kier alpha value is -10.2. The number of nitrogens with one attached hydrogen (secondary N) is 4. The highest BCUT2D eigenvalue weighted by molar-refractivity contribution is 5.84. The first-order chi connectivity index (χ1) is 42.9. The van der Waals surface area contributed by atoms with E-state index in [1.165, 1.54) is 11.8 Å². The van der Waals surface area contributed by atoms with Crippen molar-refractivity contribution in [2.45, 2.75) is 6.92 Å². The lowest BCUT2D eigenvalue weighted by Gasteiger charge is -2.27. The lowest BCUT2D eigenvalue weighted by Crippen LogP contribution is -2.37. The van der Waals surface area contributed by atoms with Gasteiger partial charge in [-0.05, 0) is 53.9 Å². The van der Waals surface area contributed by atoms with Gasteiger partial charge in [-0.1, -0.05) is 103 Å². The Bertz CT molecular complexity index is 3460. The predicted octanol–water partition coefficient (Wildman–Crippen LogP) is 7.19. The number of morpholine rings is 4. The van der Waals surface area contributed by atoms with E-state index < -0.39 is 5.82 Å².